The van der Waals surface area contributed by atoms with Crippen LogP contribution in [0.2, 0.25) is 0 Å². The molecule has 13 aromatic rings. The number of phenols is 1. The SMILES string of the molecule is CC(O)c1n[nH]c(=S)n1Cc1ccccc1.Cc1ccc(-n2cn[nH]c2=S)cc1.Cc1ccc(Cn2c(CO)n[nH]c2=S)cc1.O=C(O)c1n[nH]c(=S)n1Cc1ccccc1.Oc1cccc(-n2cn[nH]c2=S)c1.S=c1[nH]ncn1-c1ccc(-n2cn[nH]c2=S)cc1. The highest BCUT2D eigenvalue weighted by Gasteiger charge is 2.14. The molecule has 0 amide bonds. The van der Waals surface area contributed by atoms with Crippen LogP contribution in [0, 0.1) is 47.2 Å². The Morgan fingerprint density at radius 3 is 1.25 bits per heavy atom. The minimum atomic E-state index is -1.09. The van der Waals surface area contributed by atoms with Gasteiger partial charge in [-0.3, -0.25) is 67.7 Å². The van der Waals surface area contributed by atoms with Crippen molar-refractivity contribution < 1.29 is 25.2 Å². The number of aromatic amines is 7. The number of aromatic hydroxyl groups is 1. The molecule has 92 heavy (non-hydrogen) atoms. The van der Waals surface area contributed by atoms with Gasteiger partial charge in [0, 0.05) is 23.1 Å². The van der Waals surface area contributed by atoms with Gasteiger partial charge in [-0.05, 0) is 172 Å². The Labute approximate surface area is 559 Å². The zero-order valence-corrected chi connectivity index (χ0v) is 54.8. The molecule has 0 aliphatic heterocycles. The average Bonchev–Trinajstić information content (AvgIpc) is 3.78. The highest BCUT2D eigenvalue weighted by molar-refractivity contribution is 7.72. The summed E-state index contributed by atoms with van der Waals surface area (Å²) < 4.78 is 15.7. The van der Waals surface area contributed by atoms with E-state index in [1.165, 1.54) is 15.7 Å². The van der Waals surface area contributed by atoms with Gasteiger partial charge in [0.25, 0.3) is 0 Å². The molecule has 0 radical (unpaired) electrons. The van der Waals surface area contributed by atoms with Gasteiger partial charge in [-0.2, -0.15) is 30.6 Å². The fourth-order valence-electron chi connectivity index (χ4n) is 8.32. The molecule has 0 aliphatic carbocycles. The molecule has 0 aliphatic rings. The number of carboxylic acid groups (broad SMARTS) is 1. The van der Waals surface area contributed by atoms with Crippen LogP contribution in [0.1, 0.15) is 63.1 Å². The normalized spacial score (nSPS) is 10.8. The van der Waals surface area contributed by atoms with Crippen molar-refractivity contribution in [2.24, 2.45) is 0 Å². The van der Waals surface area contributed by atoms with Crippen LogP contribution in [0.5, 0.6) is 5.75 Å². The standard InChI is InChI=1S/2C11H13N3OS.C10H8N6S2.C10H9N3O2S.C9H9N3S.C8H7N3OS/c1-8-2-4-9(5-3-8)6-14-10(7-15)12-13-11(14)16;1-8(15)10-12-13-11(16)14(10)7-9-5-3-2-4-6-9;17-9-13-11-5-15(9)7-1-2-8(4-3-7)16-6-12-14-10(16)18;14-9(15)8-11-12-10(16)13(8)6-7-4-2-1-3-5-7;1-7-2-4-8(5-3-7)12-6-10-11-9(12)13;12-7-3-1-2-6(4-7)11-5-9-10-8(11)13/h2-5,15H,6-7H2,1H3,(H,13,16);2-6,8,15H,7H2,1H3,(H,13,16);1-6H,(H,13,17)(H,14,18);1-5H,6H2,(H,12,16)(H,14,15);2-6H,1H3,(H,11,13);1-5,12H,(H,10,13). The van der Waals surface area contributed by atoms with Crippen molar-refractivity contribution in [3.8, 4) is 28.5 Å². The molecule has 1 unspecified atom stereocenters. The number of aromatic carboxylic acids is 1. The van der Waals surface area contributed by atoms with Crippen LogP contribution in [0.15, 0.2) is 183 Å². The zero-order valence-electron chi connectivity index (χ0n) is 49.0. The second-order valence-corrected chi connectivity index (χ2v) is 22.2. The predicted molar refractivity (Wildman–Crippen MR) is 362 cm³/mol. The van der Waals surface area contributed by atoms with E-state index >= 15 is 0 Å². The lowest BCUT2D eigenvalue weighted by Gasteiger charge is -2.08. The largest absolute Gasteiger partial charge is 0.508 e. The maximum atomic E-state index is 10.9. The van der Waals surface area contributed by atoms with Gasteiger partial charge in [-0.15, -0.1) is 5.10 Å². The van der Waals surface area contributed by atoms with E-state index in [4.69, 9.17) is 95.7 Å². The topological polar surface area (TPSA) is 333 Å². The first-order valence-corrected chi connectivity index (χ1v) is 30.3. The maximum absolute atomic E-state index is 10.9. The maximum Gasteiger partial charge on any atom is 0.374 e. The molecular weight excluding hydrogens is 1310 g/mol. The number of aliphatic hydroxyl groups excluding tert-OH is 2. The van der Waals surface area contributed by atoms with E-state index < -0.39 is 12.1 Å². The Balaban J connectivity index is 0.000000143. The molecule has 0 saturated heterocycles. The van der Waals surface area contributed by atoms with Gasteiger partial charge in [0.1, 0.15) is 43.8 Å². The van der Waals surface area contributed by atoms with Crippen molar-refractivity contribution in [2.45, 2.75) is 53.1 Å². The third-order valence-electron chi connectivity index (χ3n) is 13.0. The molecule has 1 atom stereocenters. The lowest BCUT2D eigenvalue weighted by atomic mass is 10.1. The van der Waals surface area contributed by atoms with E-state index in [0.717, 1.165) is 39.4 Å². The summed E-state index contributed by atoms with van der Waals surface area (Å²) in [6, 6.07) is 50.3. The third kappa shape index (κ3) is 18.8. The fraction of sp³-hybridized carbons (Fsp3) is 0.136. The van der Waals surface area contributed by atoms with E-state index in [1.807, 2.05) is 139 Å². The lowest BCUT2D eigenvalue weighted by Crippen LogP contribution is -2.10. The molecule has 0 saturated carbocycles. The van der Waals surface area contributed by atoms with Gasteiger partial charge in [0.2, 0.25) is 5.82 Å². The molecule has 7 heterocycles. The van der Waals surface area contributed by atoms with Crippen LogP contribution < -0.4 is 0 Å². The van der Waals surface area contributed by atoms with Crippen molar-refractivity contribution in [1.29, 1.82) is 0 Å². The van der Waals surface area contributed by atoms with E-state index in [-0.39, 0.29) is 18.2 Å². The third-order valence-corrected chi connectivity index (χ3v) is 15.0. The van der Waals surface area contributed by atoms with Crippen LogP contribution in [0.3, 0.4) is 0 Å². The quantitative estimate of drug-likeness (QED) is 0.0478. The minimum absolute atomic E-state index is 0.0751. The van der Waals surface area contributed by atoms with Gasteiger partial charge in [0.15, 0.2) is 45.0 Å². The van der Waals surface area contributed by atoms with Crippen molar-refractivity contribution in [3.63, 3.8) is 0 Å². The van der Waals surface area contributed by atoms with E-state index in [0.29, 0.717) is 64.7 Å². The van der Waals surface area contributed by atoms with Gasteiger partial charge in [-0.25, -0.2) is 4.79 Å². The Hall–Kier alpha value is -9.97. The number of rotatable bonds is 13. The van der Waals surface area contributed by atoms with Crippen LogP contribution >= 0.6 is 85.5 Å². The van der Waals surface area contributed by atoms with Gasteiger partial charge in [-0.1, -0.05) is 114 Å². The van der Waals surface area contributed by atoms with Gasteiger partial charge < -0.3 is 20.4 Å². The number of hydrogen-bond donors (Lipinski definition) is 11. The minimum Gasteiger partial charge on any atom is -0.508 e. The molecule has 0 spiro atoms. The number of phenolic OH excluding ortho intramolecular Hbond substituents is 1. The van der Waals surface area contributed by atoms with Crippen LogP contribution in [0.4, 0.5) is 0 Å². The summed E-state index contributed by atoms with van der Waals surface area (Å²) in [6.45, 7) is 7.32. The van der Waals surface area contributed by atoms with Crippen molar-refractivity contribution in [2.75, 3.05) is 0 Å². The van der Waals surface area contributed by atoms with Crippen molar-refractivity contribution in [1.82, 2.24) is 103 Å². The van der Waals surface area contributed by atoms with Crippen LogP contribution in [-0.2, 0) is 26.2 Å². The summed E-state index contributed by atoms with van der Waals surface area (Å²) in [5.74, 6) is 0.164. The first kappa shape index (κ1) is 68.0. The van der Waals surface area contributed by atoms with E-state index in [9.17, 15) is 15.0 Å². The second-order valence-electron chi connectivity index (χ2n) is 19.5. The van der Waals surface area contributed by atoms with Crippen molar-refractivity contribution >= 4 is 91.5 Å². The Kier molecular flexibility index (Phi) is 24.5. The monoisotopic (exact) mass is 1370 g/mol. The summed E-state index contributed by atoms with van der Waals surface area (Å²) in [7, 11) is 0. The molecule has 472 valence electrons. The number of carboxylic acids is 1. The summed E-state index contributed by atoms with van der Waals surface area (Å²) >= 11 is 35.4. The van der Waals surface area contributed by atoms with Crippen molar-refractivity contribution in [3.05, 3.63) is 262 Å². The molecule has 13 rings (SSSR count). The van der Waals surface area contributed by atoms with Crippen LogP contribution in [0.25, 0.3) is 22.7 Å². The number of aliphatic hydroxyl groups is 2. The van der Waals surface area contributed by atoms with Crippen LogP contribution in [-0.4, -0.2) is 130 Å². The number of aryl methyl sites for hydroxylation is 2. The van der Waals surface area contributed by atoms with E-state index in [2.05, 4.69) is 90.4 Å². The molecule has 26 nitrogen and oxygen atoms in total. The first-order chi connectivity index (χ1) is 44.4. The number of nitrogens with zero attached hydrogens (tertiary/aromatic N) is 14. The van der Waals surface area contributed by atoms with Gasteiger partial charge >= 0.3 is 5.97 Å². The highest BCUT2D eigenvalue weighted by Crippen LogP contribution is 2.17. The summed E-state index contributed by atoms with van der Waals surface area (Å²) in [4.78, 5) is 10.9. The molecule has 11 N–H and O–H groups in total. The smallest absolute Gasteiger partial charge is 0.374 e. The number of aromatic nitrogens is 21. The molecular formula is C59H59N21O5S7. The molecule has 33 heteroatoms. The predicted octanol–water partition coefficient (Wildman–Crippen LogP) is 11.6. The number of benzene rings is 6. The number of carbonyl (C=O) groups is 1. The Bertz CT molecular complexity index is 4820. The zero-order chi connectivity index (χ0) is 65.7. The molecule has 0 bridgehead atoms. The second kappa shape index (κ2) is 33.2. The fourth-order valence-corrected chi connectivity index (χ4v) is 9.76. The van der Waals surface area contributed by atoms with E-state index in [1.54, 1.807) is 73.3 Å². The lowest BCUT2D eigenvalue weighted by molar-refractivity contribution is 0.0678. The summed E-state index contributed by atoms with van der Waals surface area (Å²) in [6.07, 6.45) is 5.89. The molecule has 6 aromatic carbocycles. The Morgan fingerprint density at radius 1 is 0.446 bits per heavy atom. The highest BCUT2D eigenvalue weighted by atomic mass is 32.1. The Morgan fingerprint density at radius 2 is 0.826 bits per heavy atom. The first-order valence-electron chi connectivity index (χ1n) is 27.4. The number of H-pyrrole nitrogens is 7. The summed E-state index contributed by atoms with van der Waals surface area (Å²) in [5, 5.41) is 82.4. The summed E-state index contributed by atoms with van der Waals surface area (Å²) in [5.41, 5.74) is 9.39. The van der Waals surface area contributed by atoms with Gasteiger partial charge in [0.05, 0.1) is 25.3 Å². The number of hydrogen-bond acceptors (Lipinski definition) is 18. The average molecular weight is 1370 g/mol. The molecule has 0 fully saturated rings. The number of nitrogens with one attached hydrogen (secondary N) is 7. The molecule has 7 aromatic heterocycles.